The predicted octanol–water partition coefficient (Wildman–Crippen LogP) is 4.81. The molecule has 0 aliphatic heterocycles. The van der Waals surface area contributed by atoms with E-state index in [9.17, 15) is 4.79 Å². The van der Waals surface area contributed by atoms with E-state index in [0.717, 1.165) is 16.6 Å². The molecule has 0 bridgehead atoms. The molecule has 1 heterocycles. The van der Waals surface area contributed by atoms with Crippen molar-refractivity contribution in [2.24, 2.45) is 0 Å². The van der Waals surface area contributed by atoms with Gasteiger partial charge in [0.15, 0.2) is 5.58 Å². The zero-order valence-electron chi connectivity index (χ0n) is 12.9. The Bertz CT molecular complexity index is 856. The van der Waals surface area contributed by atoms with Crippen LogP contribution in [0.25, 0.3) is 22.6 Å². The summed E-state index contributed by atoms with van der Waals surface area (Å²) in [5.41, 5.74) is 2.91. The van der Waals surface area contributed by atoms with Gasteiger partial charge in [0.2, 0.25) is 5.89 Å². The normalized spacial score (nSPS) is 12.3. The summed E-state index contributed by atoms with van der Waals surface area (Å²) in [7, 11) is 0. The van der Waals surface area contributed by atoms with Gasteiger partial charge in [-0.25, -0.2) is 4.98 Å². The number of benzene rings is 2. The van der Waals surface area contributed by atoms with Crippen molar-refractivity contribution in [2.75, 3.05) is 6.61 Å². The molecule has 1 aromatic heterocycles. The molecule has 23 heavy (non-hydrogen) atoms. The van der Waals surface area contributed by atoms with Crippen LogP contribution in [0.4, 0.5) is 0 Å². The third kappa shape index (κ3) is 3.08. The smallest absolute Gasteiger partial charge is 0.313 e. The highest BCUT2D eigenvalue weighted by molar-refractivity contribution is 6.33. The monoisotopic (exact) mass is 329 g/mol. The first-order valence-corrected chi connectivity index (χ1v) is 7.80. The zero-order chi connectivity index (χ0) is 16.4. The molecular formula is C18H16ClNO3. The van der Waals surface area contributed by atoms with Crippen LogP contribution in [0.15, 0.2) is 46.9 Å². The molecule has 0 saturated heterocycles. The van der Waals surface area contributed by atoms with Gasteiger partial charge < -0.3 is 9.15 Å². The fourth-order valence-corrected chi connectivity index (χ4v) is 2.58. The summed E-state index contributed by atoms with van der Waals surface area (Å²) < 4.78 is 10.9. The highest BCUT2D eigenvalue weighted by Gasteiger charge is 2.18. The van der Waals surface area contributed by atoms with Crippen molar-refractivity contribution in [1.29, 1.82) is 0 Å². The molecular weight excluding hydrogens is 314 g/mol. The van der Waals surface area contributed by atoms with Crippen LogP contribution in [-0.4, -0.2) is 17.6 Å². The molecule has 0 N–H and O–H groups in total. The molecule has 4 nitrogen and oxygen atoms in total. The lowest BCUT2D eigenvalue weighted by Gasteiger charge is -2.10. The van der Waals surface area contributed by atoms with Crippen molar-refractivity contribution < 1.29 is 13.9 Å². The average molecular weight is 330 g/mol. The number of nitrogens with zero attached hydrogens (tertiary/aromatic N) is 1. The summed E-state index contributed by atoms with van der Waals surface area (Å²) in [4.78, 5) is 16.3. The molecule has 3 aromatic rings. The number of esters is 1. The minimum atomic E-state index is -0.354. The van der Waals surface area contributed by atoms with E-state index in [0.29, 0.717) is 23.1 Å². The first-order chi connectivity index (χ1) is 11.1. The summed E-state index contributed by atoms with van der Waals surface area (Å²) in [5.74, 6) is -0.141. The molecule has 0 aliphatic rings. The van der Waals surface area contributed by atoms with E-state index in [2.05, 4.69) is 4.98 Å². The van der Waals surface area contributed by atoms with Crippen molar-refractivity contribution in [3.8, 4) is 11.5 Å². The van der Waals surface area contributed by atoms with Crippen molar-refractivity contribution in [3.05, 3.63) is 53.1 Å². The molecule has 1 unspecified atom stereocenters. The second-order valence-electron chi connectivity index (χ2n) is 5.20. The number of oxazole rings is 1. The molecule has 3 rings (SSSR count). The van der Waals surface area contributed by atoms with E-state index in [4.69, 9.17) is 20.8 Å². The van der Waals surface area contributed by atoms with E-state index in [1.165, 1.54) is 0 Å². The van der Waals surface area contributed by atoms with Crippen LogP contribution in [-0.2, 0) is 9.53 Å². The van der Waals surface area contributed by atoms with Gasteiger partial charge in [0, 0.05) is 0 Å². The van der Waals surface area contributed by atoms with Gasteiger partial charge in [0.1, 0.15) is 5.52 Å². The molecule has 0 fully saturated rings. The fraction of sp³-hybridized carbons (Fsp3) is 0.222. The van der Waals surface area contributed by atoms with Gasteiger partial charge in [0.05, 0.1) is 23.1 Å². The Morgan fingerprint density at radius 2 is 2.09 bits per heavy atom. The zero-order valence-corrected chi connectivity index (χ0v) is 13.6. The summed E-state index contributed by atoms with van der Waals surface area (Å²) in [5, 5.41) is 0.583. The number of rotatable bonds is 4. The van der Waals surface area contributed by atoms with E-state index in [1.54, 1.807) is 13.0 Å². The van der Waals surface area contributed by atoms with Gasteiger partial charge in [-0.05, 0) is 43.7 Å². The number of aromatic nitrogens is 1. The molecule has 0 amide bonds. The van der Waals surface area contributed by atoms with E-state index < -0.39 is 0 Å². The number of halogens is 1. The van der Waals surface area contributed by atoms with Gasteiger partial charge in [0.25, 0.3) is 0 Å². The lowest BCUT2D eigenvalue weighted by molar-refractivity contribution is -0.144. The van der Waals surface area contributed by atoms with Crippen molar-refractivity contribution >= 4 is 28.7 Å². The molecule has 0 spiro atoms. The summed E-state index contributed by atoms with van der Waals surface area (Å²) >= 11 is 6.18. The summed E-state index contributed by atoms with van der Waals surface area (Å²) in [6.07, 6.45) is 0. The first-order valence-electron chi connectivity index (χ1n) is 7.42. The Labute approximate surface area is 139 Å². The molecule has 118 valence electrons. The standard InChI is InChI=1S/C18H16ClNO3/c1-3-22-18(21)11(2)12-8-9-15-16(10-12)23-17(20-15)13-6-4-5-7-14(13)19/h4-11H,3H2,1-2H3. The Morgan fingerprint density at radius 1 is 1.30 bits per heavy atom. The predicted molar refractivity (Wildman–Crippen MR) is 89.5 cm³/mol. The number of hydrogen-bond acceptors (Lipinski definition) is 4. The van der Waals surface area contributed by atoms with Crippen LogP contribution in [0.5, 0.6) is 0 Å². The summed E-state index contributed by atoms with van der Waals surface area (Å²) in [6.45, 7) is 3.97. The molecule has 0 aliphatic carbocycles. The van der Waals surface area contributed by atoms with Crippen LogP contribution in [0.1, 0.15) is 25.3 Å². The van der Waals surface area contributed by atoms with Crippen LogP contribution >= 0.6 is 11.6 Å². The molecule has 2 aromatic carbocycles. The van der Waals surface area contributed by atoms with Gasteiger partial charge in [-0.3, -0.25) is 4.79 Å². The Balaban J connectivity index is 1.98. The topological polar surface area (TPSA) is 52.3 Å². The van der Waals surface area contributed by atoms with E-state index in [1.807, 2.05) is 43.3 Å². The minimum Gasteiger partial charge on any atom is -0.466 e. The van der Waals surface area contributed by atoms with Crippen LogP contribution in [0.3, 0.4) is 0 Å². The van der Waals surface area contributed by atoms with Gasteiger partial charge in [-0.15, -0.1) is 0 Å². The quantitative estimate of drug-likeness (QED) is 0.644. The van der Waals surface area contributed by atoms with Gasteiger partial charge >= 0.3 is 5.97 Å². The Kier molecular flexibility index (Phi) is 4.35. The molecule has 0 radical (unpaired) electrons. The highest BCUT2D eigenvalue weighted by atomic mass is 35.5. The van der Waals surface area contributed by atoms with Gasteiger partial charge in [-0.1, -0.05) is 29.8 Å². The molecule has 0 saturated carbocycles. The fourth-order valence-electron chi connectivity index (χ4n) is 2.36. The maximum Gasteiger partial charge on any atom is 0.313 e. The SMILES string of the molecule is CCOC(=O)C(C)c1ccc2nc(-c3ccccc3Cl)oc2c1. The second-order valence-corrected chi connectivity index (χ2v) is 5.61. The third-order valence-corrected chi connectivity index (χ3v) is 3.99. The van der Waals surface area contributed by atoms with E-state index in [-0.39, 0.29) is 11.9 Å². The maximum atomic E-state index is 11.9. The average Bonchev–Trinajstić information content (AvgIpc) is 2.97. The second kappa shape index (κ2) is 6.42. The number of carbonyl (C=O) groups excluding carboxylic acids is 1. The number of ether oxygens (including phenoxy) is 1. The van der Waals surface area contributed by atoms with Crippen LogP contribution < -0.4 is 0 Å². The first kappa shape index (κ1) is 15.6. The van der Waals surface area contributed by atoms with Crippen LogP contribution in [0.2, 0.25) is 5.02 Å². The van der Waals surface area contributed by atoms with Crippen molar-refractivity contribution in [3.63, 3.8) is 0 Å². The molecule has 1 atom stereocenters. The van der Waals surface area contributed by atoms with Crippen molar-refractivity contribution in [1.82, 2.24) is 4.98 Å². The molecule has 5 heteroatoms. The lowest BCUT2D eigenvalue weighted by Crippen LogP contribution is -2.12. The largest absolute Gasteiger partial charge is 0.466 e. The third-order valence-electron chi connectivity index (χ3n) is 3.66. The minimum absolute atomic E-state index is 0.252. The van der Waals surface area contributed by atoms with E-state index >= 15 is 0 Å². The number of carbonyl (C=O) groups is 1. The highest BCUT2D eigenvalue weighted by Crippen LogP contribution is 2.31. The number of hydrogen-bond donors (Lipinski definition) is 0. The number of fused-ring (bicyclic) bond motifs is 1. The van der Waals surface area contributed by atoms with Gasteiger partial charge in [-0.2, -0.15) is 0 Å². The Morgan fingerprint density at radius 3 is 2.83 bits per heavy atom. The van der Waals surface area contributed by atoms with Crippen LogP contribution in [0, 0.1) is 0 Å². The summed E-state index contributed by atoms with van der Waals surface area (Å²) in [6, 6.07) is 12.9. The maximum absolute atomic E-state index is 11.9. The lowest BCUT2D eigenvalue weighted by atomic mass is 10.0. The van der Waals surface area contributed by atoms with Crippen molar-refractivity contribution in [2.45, 2.75) is 19.8 Å². The Hall–Kier alpha value is -2.33.